The van der Waals surface area contributed by atoms with Crippen LogP contribution >= 0.6 is 27.5 Å². The summed E-state index contributed by atoms with van der Waals surface area (Å²) in [5.74, 6) is 0. The molecule has 0 fully saturated rings. The number of hydrogen-bond acceptors (Lipinski definition) is 3. The summed E-state index contributed by atoms with van der Waals surface area (Å²) in [6.45, 7) is 0. The standard InChI is InChI=1S/C6H5BrClNO2S/c1-12(10,11)4-2-3-5(7)9-6(4)8/h2-3H,1H3. The van der Waals surface area contributed by atoms with E-state index >= 15 is 0 Å². The van der Waals surface area contributed by atoms with Crippen LogP contribution in [0.15, 0.2) is 21.6 Å². The molecule has 1 heterocycles. The summed E-state index contributed by atoms with van der Waals surface area (Å²) in [5.41, 5.74) is 0. The fourth-order valence-corrected chi connectivity index (χ4v) is 2.33. The van der Waals surface area contributed by atoms with Crippen LogP contribution in [0.3, 0.4) is 0 Å². The van der Waals surface area contributed by atoms with Crippen molar-refractivity contribution in [2.24, 2.45) is 0 Å². The van der Waals surface area contributed by atoms with E-state index in [0.717, 1.165) is 6.26 Å². The van der Waals surface area contributed by atoms with Crippen LogP contribution in [-0.4, -0.2) is 19.7 Å². The van der Waals surface area contributed by atoms with E-state index in [1.165, 1.54) is 12.1 Å². The third-order valence-electron chi connectivity index (χ3n) is 1.18. The van der Waals surface area contributed by atoms with Crippen LogP contribution in [0.4, 0.5) is 0 Å². The van der Waals surface area contributed by atoms with Crippen LogP contribution in [0.5, 0.6) is 0 Å². The van der Waals surface area contributed by atoms with Gasteiger partial charge in [-0.15, -0.1) is 0 Å². The average molecular weight is 271 g/mol. The number of pyridine rings is 1. The molecule has 0 aromatic carbocycles. The largest absolute Gasteiger partial charge is 0.228 e. The molecule has 66 valence electrons. The Morgan fingerprint density at radius 1 is 1.50 bits per heavy atom. The van der Waals surface area contributed by atoms with E-state index in [4.69, 9.17) is 11.6 Å². The first-order valence-corrected chi connectivity index (χ1v) is 5.99. The Bertz CT molecular complexity index is 404. The van der Waals surface area contributed by atoms with Crippen LogP contribution in [0.1, 0.15) is 0 Å². The van der Waals surface area contributed by atoms with E-state index < -0.39 is 9.84 Å². The molecule has 0 bridgehead atoms. The third-order valence-corrected chi connectivity index (χ3v) is 3.15. The van der Waals surface area contributed by atoms with Gasteiger partial charge in [0.05, 0.1) is 0 Å². The summed E-state index contributed by atoms with van der Waals surface area (Å²) in [6, 6.07) is 2.94. The number of rotatable bonds is 1. The van der Waals surface area contributed by atoms with E-state index in [9.17, 15) is 8.42 Å². The summed E-state index contributed by atoms with van der Waals surface area (Å²) in [5, 5.41) is -0.00752. The maximum Gasteiger partial charge on any atom is 0.178 e. The fraction of sp³-hybridized carbons (Fsp3) is 0.167. The van der Waals surface area contributed by atoms with E-state index in [0.29, 0.717) is 4.60 Å². The Hall–Kier alpha value is -0.130. The summed E-state index contributed by atoms with van der Waals surface area (Å²) < 4.78 is 22.6. The van der Waals surface area contributed by atoms with Gasteiger partial charge in [0.1, 0.15) is 14.7 Å². The predicted molar refractivity (Wildman–Crippen MR) is 50.1 cm³/mol. The monoisotopic (exact) mass is 269 g/mol. The van der Waals surface area contributed by atoms with Crippen LogP contribution in [-0.2, 0) is 9.84 Å². The van der Waals surface area contributed by atoms with Gasteiger partial charge in [-0.3, -0.25) is 0 Å². The summed E-state index contributed by atoms with van der Waals surface area (Å²) in [4.78, 5) is 3.79. The lowest BCUT2D eigenvalue weighted by molar-refractivity contribution is 0.601. The molecule has 0 unspecified atom stereocenters. The Kier molecular flexibility index (Phi) is 2.75. The van der Waals surface area contributed by atoms with E-state index in [-0.39, 0.29) is 10.0 Å². The molecular weight excluding hydrogens is 265 g/mol. The lowest BCUT2D eigenvalue weighted by atomic mass is 10.5. The van der Waals surface area contributed by atoms with E-state index in [1.807, 2.05) is 0 Å². The number of nitrogens with zero attached hydrogens (tertiary/aromatic N) is 1. The number of halogens is 2. The van der Waals surface area contributed by atoms with Gasteiger partial charge >= 0.3 is 0 Å². The zero-order chi connectivity index (χ0) is 9.35. The Morgan fingerprint density at radius 3 is 2.50 bits per heavy atom. The van der Waals surface area contributed by atoms with Gasteiger partial charge in [-0.2, -0.15) is 0 Å². The molecule has 0 aliphatic carbocycles. The second kappa shape index (κ2) is 3.32. The Balaban J connectivity index is 3.39. The van der Waals surface area contributed by atoms with Crippen LogP contribution < -0.4 is 0 Å². The van der Waals surface area contributed by atoms with Gasteiger partial charge < -0.3 is 0 Å². The van der Waals surface area contributed by atoms with Crippen molar-refractivity contribution in [2.75, 3.05) is 6.26 Å². The van der Waals surface area contributed by atoms with Crippen molar-refractivity contribution in [1.82, 2.24) is 4.98 Å². The van der Waals surface area contributed by atoms with Crippen molar-refractivity contribution in [3.05, 3.63) is 21.9 Å². The molecule has 3 nitrogen and oxygen atoms in total. The number of aromatic nitrogens is 1. The summed E-state index contributed by atoms with van der Waals surface area (Å²) >= 11 is 8.67. The van der Waals surface area contributed by atoms with Gasteiger partial charge in [0.25, 0.3) is 0 Å². The van der Waals surface area contributed by atoms with Gasteiger partial charge in [0.2, 0.25) is 0 Å². The van der Waals surface area contributed by atoms with Crippen molar-refractivity contribution in [1.29, 1.82) is 0 Å². The molecule has 6 heteroatoms. The fourth-order valence-electron chi connectivity index (χ4n) is 0.676. The Morgan fingerprint density at radius 2 is 2.08 bits per heavy atom. The van der Waals surface area contributed by atoms with Crippen LogP contribution in [0, 0.1) is 0 Å². The zero-order valence-electron chi connectivity index (χ0n) is 6.08. The summed E-state index contributed by atoms with van der Waals surface area (Å²) in [7, 11) is -3.27. The topological polar surface area (TPSA) is 47.0 Å². The number of hydrogen-bond donors (Lipinski definition) is 0. The minimum atomic E-state index is -3.27. The van der Waals surface area contributed by atoms with Crippen molar-refractivity contribution in [3.63, 3.8) is 0 Å². The normalized spacial score (nSPS) is 11.6. The molecule has 1 aromatic rings. The predicted octanol–water partition coefficient (Wildman–Crippen LogP) is 1.90. The molecule has 12 heavy (non-hydrogen) atoms. The first-order valence-electron chi connectivity index (χ1n) is 2.93. The van der Waals surface area contributed by atoms with Crippen LogP contribution in [0.25, 0.3) is 0 Å². The Labute approximate surface area is 83.8 Å². The molecule has 1 rings (SSSR count). The molecular formula is C6H5BrClNO2S. The molecule has 0 saturated carbocycles. The molecule has 0 aliphatic heterocycles. The molecule has 0 amide bonds. The lowest BCUT2D eigenvalue weighted by Gasteiger charge is -1.99. The van der Waals surface area contributed by atoms with Crippen molar-refractivity contribution in [2.45, 2.75) is 4.90 Å². The van der Waals surface area contributed by atoms with Gasteiger partial charge in [0, 0.05) is 6.26 Å². The molecule has 0 N–H and O–H groups in total. The highest BCUT2D eigenvalue weighted by atomic mass is 79.9. The smallest absolute Gasteiger partial charge is 0.178 e. The highest BCUT2D eigenvalue weighted by Crippen LogP contribution is 2.20. The second-order valence-corrected chi connectivity index (χ2v) is 5.35. The van der Waals surface area contributed by atoms with E-state index in [2.05, 4.69) is 20.9 Å². The minimum Gasteiger partial charge on any atom is -0.228 e. The maximum absolute atomic E-state index is 11.0. The van der Waals surface area contributed by atoms with E-state index in [1.54, 1.807) is 0 Å². The maximum atomic E-state index is 11.0. The SMILES string of the molecule is CS(=O)(=O)c1ccc(Br)nc1Cl. The molecule has 1 aromatic heterocycles. The van der Waals surface area contributed by atoms with Crippen LogP contribution in [0.2, 0.25) is 5.15 Å². The lowest BCUT2D eigenvalue weighted by Crippen LogP contribution is -1.99. The van der Waals surface area contributed by atoms with Gasteiger partial charge in [0.15, 0.2) is 9.84 Å². The molecule has 0 atom stereocenters. The highest BCUT2D eigenvalue weighted by molar-refractivity contribution is 9.10. The molecule has 0 aliphatic rings. The minimum absolute atomic E-state index is 0.00752. The van der Waals surface area contributed by atoms with Crippen molar-refractivity contribution < 1.29 is 8.42 Å². The van der Waals surface area contributed by atoms with Gasteiger partial charge in [-0.05, 0) is 28.1 Å². The quantitative estimate of drug-likeness (QED) is 0.732. The molecule has 0 radical (unpaired) electrons. The number of sulfone groups is 1. The highest BCUT2D eigenvalue weighted by Gasteiger charge is 2.12. The molecule has 0 spiro atoms. The summed E-state index contributed by atoms with van der Waals surface area (Å²) in [6.07, 6.45) is 1.09. The first-order chi connectivity index (χ1) is 5.41. The van der Waals surface area contributed by atoms with Gasteiger partial charge in [-0.1, -0.05) is 11.6 Å². The zero-order valence-corrected chi connectivity index (χ0v) is 9.24. The first kappa shape index (κ1) is 9.95. The van der Waals surface area contributed by atoms with Crippen molar-refractivity contribution >= 4 is 37.4 Å². The average Bonchev–Trinajstić information content (AvgIpc) is 1.83. The van der Waals surface area contributed by atoms with Crippen molar-refractivity contribution in [3.8, 4) is 0 Å². The molecule has 0 saturated heterocycles. The van der Waals surface area contributed by atoms with Gasteiger partial charge in [-0.25, -0.2) is 13.4 Å². The third kappa shape index (κ3) is 2.18. The second-order valence-electron chi connectivity index (χ2n) is 2.20.